The van der Waals surface area contributed by atoms with Gasteiger partial charge in [-0.2, -0.15) is 0 Å². The van der Waals surface area contributed by atoms with Crippen LogP contribution in [0.1, 0.15) is 23.6 Å². The van der Waals surface area contributed by atoms with Crippen LogP contribution in [0.3, 0.4) is 0 Å². The molecule has 0 unspecified atom stereocenters. The fourth-order valence-electron chi connectivity index (χ4n) is 2.17. The summed E-state index contributed by atoms with van der Waals surface area (Å²) in [4.78, 5) is 0. The second kappa shape index (κ2) is 7.06. The number of hydrogen-bond donors (Lipinski definition) is 1. The maximum absolute atomic E-state index is 6.21. The molecule has 0 saturated carbocycles. The van der Waals surface area contributed by atoms with Gasteiger partial charge in [-0.1, -0.05) is 35.3 Å². The molecule has 1 N–H and O–H groups in total. The third kappa shape index (κ3) is 4.05. The third-order valence-electron chi connectivity index (χ3n) is 3.24. The first-order valence-corrected chi connectivity index (χ1v) is 7.68. The molecule has 2 nitrogen and oxygen atoms in total. The standard InChI is InChI=1S/C17H19Cl2NO/c1-4-21-17-13(8-14(18)9-15(17)19)10-20-16-7-11(2)5-6-12(16)3/h5-9,20H,4,10H2,1-3H3. The second-order valence-electron chi connectivity index (χ2n) is 4.98. The van der Waals surface area contributed by atoms with Crippen LogP contribution in [0.15, 0.2) is 30.3 Å². The van der Waals surface area contributed by atoms with Gasteiger partial charge in [-0.3, -0.25) is 0 Å². The van der Waals surface area contributed by atoms with Crippen molar-refractivity contribution in [2.45, 2.75) is 27.3 Å². The van der Waals surface area contributed by atoms with Gasteiger partial charge < -0.3 is 10.1 Å². The molecular formula is C17H19Cl2NO. The van der Waals surface area contributed by atoms with Crippen LogP contribution in [0.5, 0.6) is 5.75 Å². The molecule has 0 amide bonds. The Balaban J connectivity index is 2.25. The predicted octanol–water partition coefficient (Wildman–Crippen LogP) is 5.62. The van der Waals surface area contributed by atoms with Crippen LogP contribution in [0.4, 0.5) is 5.69 Å². The number of rotatable bonds is 5. The van der Waals surface area contributed by atoms with Crippen LogP contribution >= 0.6 is 23.2 Å². The largest absolute Gasteiger partial charge is 0.492 e. The van der Waals surface area contributed by atoms with Gasteiger partial charge in [0.1, 0.15) is 5.75 Å². The highest BCUT2D eigenvalue weighted by Gasteiger charge is 2.11. The molecule has 2 aromatic carbocycles. The second-order valence-corrected chi connectivity index (χ2v) is 5.82. The maximum atomic E-state index is 6.21. The lowest BCUT2D eigenvalue weighted by Gasteiger charge is -2.15. The summed E-state index contributed by atoms with van der Waals surface area (Å²) in [5.74, 6) is 0.696. The quantitative estimate of drug-likeness (QED) is 0.770. The van der Waals surface area contributed by atoms with Gasteiger partial charge in [-0.25, -0.2) is 0 Å². The summed E-state index contributed by atoms with van der Waals surface area (Å²) >= 11 is 12.3. The molecule has 0 atom stereocenters. The summed E-state index contributed by atoms with van der Waals surface area (Å²) in [6, 6.07) is 9.92. The Labute approximate surface area is 136 Å². The van der Waals surface area contributed by atoms with Crippen molar-refractivity contribution >= 4 is 28.9 Å². The fourth-order valence-corrected chi connectivity index (χ4v) is 2.76. The molecule has 112 valence electrons. The molecule has 0 radical (unpaired) electrons. The number of nitrogens with one attached hydrogen (secondary N) is 1. The van der Waals surface area contributed by atoms with Gasteiger partial charge in [0, 0.05) is 22.8 Å². The highest BCUT2D eigenvalue weighted by molar-refractivity contribution is 6.35. The molecule has 0 aliphatic carbocycles. The van der Waals surface area contributed by atoms with Crippen LogP contribution in [0, 0.1) is 13.8 Å². The van der Waals surface area contributed by atoms with Crippen molar-refractivity contribution in [3.63, 3.8) is 0 Å². The van der Waals surface area contributed by atoms with Gasteiger partial charge in [0.05, 0.1) is 11.6 Å². The van der Waals surface area contributed by atoms with Gasteiger partial charge in [-0.05, 0) is 50.1 Å². The Morgan fingerprint density at radius 1 is 1.10 bits per heavy atom. The Morgan fingerprint density at radius 3 is 2.57 bits per heavy atom. The van der Waals surface area contributed by atoms with E-state index in [-0.39, 0.29) is 0 Å². The fraction of sp³-hybridized carbons (Fsp3) is 0.294. The van der Waals surface area contributed by atoms with E-state index in [0.717, 1.165) is 11.3 Å². The van der Waals surface area contributed by atoms with Gasteiger partial charge in [0.15, 0.2) is 0 Å². The van der Waals surface area contributed by atoms with E-state index < -0.39 is 0 Å². The van der Waals surface area contributed by atoms with Crippen molar-refractivity contribution in [1.82, 2.24) is 0 Å². The van der Waals surface area contributed by atoms with Crippen LogP contribution in [-0.4, -0.2) is 6.61 Å². The van der Waals surface area contributed by atoms with E-state index in [0.29, 0.717) is 28.9 Å². The summed E-state index contributed by atoms with van der Waals surface area (Å²) in [6.07, 6.45) is 0. The Bertz CT molecular complexity index is 641. The molecule has 21 heavy (non-hydrogen) atoms. The van der Waals surface area contributed by atoms with Crippen molar-refractivity contribution in [2.24, 2.45) is 0 Å². The van der Waals surface area contributed by atoms with Crippen LogP contribution in [-0.2, 0) is 6.54 Å². The van der Waals surface area contributed by atoms with Crippen molar-refractivity contribution in [3.8, 4) is 5.75 Å². The Morgan fingerprint density at radius 2 is 1.86 bits per heavy atom. The lowest BCUT2D eigenvalue weighted by molar-refractivity contribution is 0.337. The van der Waals surface area contributed by atoms with E-state index in [1.54, 1.807) is 6.07 Å². The molecule has 0 aliphatic heterocycles. The van der Waals surface area contributed by atoms with Gasteiger partial charge in [0.25, 0.3) is 0 Å². The first-order valence-electron chi connectivity index (χ1n) is 6.93. The zero-order chi connectivity index (χ0) is 15.4. The van der Waals surface area contributed by atoms with Crippen LogP contribution < -0.4 is 10.1 Å². The monoisotopic (exact) mass is 323 g/mol. The minimum Gasteiger partial charge on any atom is -0.492 e. The molecule has 0 aliphatic rings. The van der Waals surface area contributed by atoms with Crippen molar-refractivity contribution in [1.29, 1.82) is 0 Å². The summed E-state index contributed by atoms with van der Waals surface area (Å²) in [5.41, 5.74) is 4.48. The van der Waals surface area contributed by atoms with E-state index in [4.69, 9.17) is 27.9 Å². The van der Waals surface area contributed by atoms with E-state index in [1.165, 1.54) is 11.1 Å². The molecule has 4 heteroatoms. The maximum Gasteiger partial charge on any atom is 0.142 e. The number of benzene rings is 2. The van der Waals surface area contributed by atoms with Gasteiger partial charge in [0.2, 0.25) is 0 Å². The van der Waals surface area contributed by atoms with Crippen molar-refractivity contribution in [2.75, 3.05) is 11.9 Å². The lowest BCUT2D eigenvalue weighted by atomic mass is 10.1. The van der Waals surface area contributed by atoms with Crippen molar-refractivity contribution < 1.29 is 4.74 Å². The topological polar surface area (TPSA) is 21.3 Å². The van der Waals surface area contributed by atoms with E-state index in [2.05, 4.69) is 37.4 Å². The average Bonchev–Trinajstić information content (AvgIpc) is 2.43. The summed E-state index contributed by atoms with van der Waals surface area (Å²) in [7, 11) is 0. The van der Waals surface area contributed by atoms with Crippen LogP contribution in [0.25, 0.3) is 0 Å². The molecular weight excluding hydrogens is 305 g/mol. The minimum absolute atomic E-state index is 0.544. The molecule has 0 saturated heterocycles. The lowest BCUT2D eigenvalue weighted by Crippen LogP contribution is -2.05. The number of ether oxygens (including phenoxy) is 1. The molecule has 0 bridgehead atoms. The van der Waals surface area contributed by atoms with E-state index in [1.807, 2.05) is 13.0 Å². The summed E-state index contributed by atoms with van der Waals surface area (Å²) in [5, 5.41) is 4.58. The number of hydrogen-bond acceptors (Lipinski definition) is 2. The zero-order valence-electron chi connectivity index (χ0n) is 12.5. The first kappa shape index (κ1) is 16.0. The van der Waals surface area contributed by atoms with E-state index in [9.17, 15) is 0 Å². The number of anilines is 1. The molecule has 0 fully saturated rings. The van der Waals surface area contributed by atoms with Gasteiger partial charge >= 0.3 is 0 Å². The smallest absolute Gasteiger partial charge is 0.142 e. The molecule has 0 aromatic heterocycles. The average molecular weight is 324 g/mol. The summed E-state index contributed by atoms with van der Waals surface area (Å²) in [6.45, 7) is 7.27. The Kier molecular flexibility index (Phi) is 5.38. The SMILES string of the molecule is CCOc1c(Cl)cc(Cl)cc1CNc1cc(C)ccc1C. The first-order chi connectivity index (χ1) is 10.0. The minimum atomic E-state index is 0.544. The Hall–Kier alpha value is -1.38. The molecule has 0 spiro atoms. The highest BCUT2D eigenvalue weighted by atomic mass is 35.5. The number of halogens is 2. The zero-order valence-corrected chi connectivity index (χ0v) is 14.0. The molecule has 0 heterocycles. The molecule has 2 rings (SSSR count). The van der Waals surface area contributed by atoms with Crippen LogP contribution in [0.2, 0.25) is 10.0 Å². The third-order valence-corrected chi connectivity index (χ3v) is 3.74. The normalized spacial score (nSPS) is 10.5. The predicted molar refractivity (Wildman–Crippen MR) is 90.9 cm³/mol. The summed E-state index contributed by atoms with van der Waals surface area (Å²) < 4.78 is 5.63. The number of aryl methyl sites for hydroxylation is 2. The van der Waals surface area contributed by atoms with E-state index >= 15 is 0 Å². The van der Waals surface area contributed by atoms with Gasteiger partial charge in [-0.15, -0.1) is 0 Å². The highest BCUT2D eigenvalue weighted by Crippen LogP contribution is 2.33. The van der Waals surface area contributed by atoms with Crippen molar-refractivity contribution in [3.05, 3.63) is 57.1 Å². The molecule has 2 aromatic rings.